The number of amides is 1. The first-order chi connectivity index (χ1) is 7.67. The van der Waals surface area contributed by atoms with Gasteiger partial charge in [-0.1, -0.05) is 13.8 Å². The van der Waals surface area contributed by atoms with Crippen molar-refractivity contribution in [2.45, 2.75) is 33.2 Å². The number of thiophene rings is 1. The Hall–Kier alpha value is -0.870. The van der Waals surface area contributed by atoms with Gasteiger partial charge in [-0.05, 0) is 35.9 Å². The molecule has 3 N–H and O–H groups in total. The third kappa shape index (κ3) is 3.94. The Morgan fingerprint density at radius 3 is 3.00 bits per heavy atom. The first-order valence-corrected chi connectivity index (χ1v) is 6.57. The van der Waals surface area contributed by atoms with Crippen LogP contribution in [0.2, 0.25) is 0 Å². The molecular weight excluding hydrogens is 220 g/mol. The molecule has 1 heterocycles. The van der Waals surface area contributed by atoms with Crippen LogP contribution >= 0.6 is 11.3 Å². The van der Waals surface area contributed by atoms with E-state index in [2.05, 4.69) is 23.7 Å². The monoisotopic (exact) mass is 240 g/mol. The predicted molar refractivity (Wildman–Crippen MR) is 68.4 cm³/mol. The largest absolute Gasteiger partial charge is 0.351 e. The second kappa shape index (κ2) is 6.66. The van der Waals surface area contributed by atoms with E-state index in [1.807, 2.05) is 6.92 Å². The zero-order valence-corrected chi connectivity index (χ0v) is 10.8. The van der Waals surface area contributed by atoms with E-state index in [1.54, 1.807) is 11.3 Å². The smallest absolute Gasteiger partial charge is 0.220 e. The van der Waals surface area contributed by atoms with Gasteiger partial charge in [0.25, 0.3) is 0 Å². The molecule has 0 aliphatic rings. The van der Waals surface area contributed by atoms with E-state index in [1.165, 1.54) is 10.4 Å². The van der Waals surface area contributed by atoms with Crippen molar-refractivity contribution in [2.24, 2.45) is 11.7 Å². The Morgan fingerprint density at radius 1 is 1.62 bits per heavy atom. The molecule has 0 aliphatic carbocycles. The first kappa shape index (κ1) is 13.2. The van der Waals surface area contributed by atoms with Gasteiger partial charge >= 0.3 is 0 Å². The van der Waals surface area contributed by atoms with E-state index < -0.39 is 0 Å². The van der Waals surface area contributed by atoms with E-state index in [0.29, 0.717) is 19.5 Å². The van der Waals surface area contributed by atoms with Gasteiger partial charge in [0, 0.05) is 11.3 Å². The van der Waals surface area contributed by atoms with Gasteiger partial charge < -0.3 is 11.1 Å². The normalized spacial score (nSPS) is 12.4. The zero-order valence-electron chi connectivity index (χ0n) is 9.95. The molecule has 1 atom stereocenters. The maximum Gasteiger partial charge on any atom is 0.220 e. The molecule has 0 saturated heterocycles. The van der Waals surface area contributed by atoms with Gasteiger partial charge in [-0.15, -0.1) is 11.3 Å². The van der Waals surface area contributed by atoms with Crippen molar-refractivity contribution < 1.29 is 4.79 Å². The Bertz CT molecular complexity index is 336. The summed E-state index contributed by atoms with van der Waals surface area (Å²) in [6.07, 6.45) is 1.54. The van der Waals surface area contributed by atoms with Crippen LogP contribution in [0.3, 0.4) is 0 Å². The van der Waals surface area contributed by atoms with Gasteiger partial charge in [-0.3, -0.25) is 4.79 Å². The molecular formula is C12H20N2OS. The number of carbonyl (C=O) groups excluding carboxylic acids is 1. The minimum Gasteiger partial charge on any atom is -0.351 e. The maximum atomic E-state index is 11.5. The second-order valence-corrected chi connectivity index (χ2v) is 5.04. The fourth-order valence-electron chi connectivity index (χ4n) is 1.49. The molecule has 4 heteroatoms. The molecule has 0 fully saturated rings. The molecule has 3 nitrogen and oxygen atoms in total. The summed E-state index contributed by atoms with van der Waals surface area (Å²) in [6.45, 7) is 5.33. The molecule has 0 saturated carbocycles. The summed E-state index contributed by atoms with van der Waals surface area (Å²) in [5, 5.41) is 5.01. The summed E-state index contributed by atoms with van der Waals surface area (Å²) in [5.41, 5.74) is 6.81. The van der Waals surface area contributed by atoms with Crippen LogP contribution in [0.1, 0.15) is 30.7 Å². The Labute approximate surface area is 101 Å². The highest BCUT2D eigenvalue weighted by Crippen LogP contribution is 2.16. The molecule has 1 aromatic rings. The van der Waals surface area contributed by atoms with Crippen molar-refractivity contribution in [2.75, 3.05) is 6.54 Å². The molecule has 16 heavy (non-hydrogen) atoms. The van der Waals surface area contributed by atoms with Crippen molar-refractivity contribution in [3.8, 4) is 0 Å². The molecule has 0 spiro atoms. The SMILES string of the molecule is CCc1ccsc1CNC(=O)CC(C)CN. The summed E-state index contributed by atoms with van der Waals surface area (Å²) in [6, 6.07) is 2.12. The summed E-state index contributed by atoms with van der Waals surface area (Å²) < 4.78 is 0. The van der Waals surface area contributed by atoms with Gasteiger partial charge in [0.2, 0.25) is 5.91 Å². The fraction of sp³-hybridized carbons (Fsp3) is 0.583. The van der Waals surface area contributed by atoms with Crippen LogP contribution in [0.15, 0.2) is 11.4 Å². The number of rotatable bonds is 6. The van der Waals surface area contributed by atoms with Crippen molar-refractivity contribution in [1.82, 2.24) is 5.32 Å². The highest BCUT2D eigenvalue weighted by molar-refractivity contribution is 7.10. The third-order valence-corrected chi connectivity index (χ3v) is 3.56. The number of hydrogen-bond donors (Lipinski definition) is 2. The minimum atomic E-state index is 0.0911. The lowest BCUT2D eigenvalue weighted by molar-refractivity contribution is -0.122. The standard InChI is InChI=1S/C12H20N2OS/c1-3-10-4-5-16-11(10)8-14-12(15)6-9(2)7-13/h4-5,9H,3,6-8,13H2,1-2H3,(H,14,15). The second-order valence-electron chi connectivity index (χ2n) is 4.04. The average molecular weight is 240 g/mol. The molecule has 0 bridgehead atoms. The number of nitrogens with one attached hydrogen (secondary N) is 1. The topological polar surface area (TPSA) is 55.1 Å². The fourth-order valence-corrected chi connectivity index (χ4v) is 2.40. The molecule has 0 aromatic carbocycles. The van der Waals surface area contributed by atoms with Crippen LogP contribution in [-0.2, 0) is 17.8 Å². The van der Waals surface area contributed by atoms with Crippen LogP contribution in [-0.4, -0.2) is 12.5 Å². The lowest BCUT2D eigenvalue weighted by Gasteiger charge is -2.09. The van der Waals surface area contributed by atoms with Crippen molar-refractivity contribution in [3.63, 3.8) is 0 Å². The molecule has 1 rings (SSSR count). The van der Waals surface area contributed by atoms with Gasteiger partial charge in [0.05, 0.1) is 6.54 Å². The minimum absolute atomic E-state index is 0.0911. The zero-order chi connectivity index (χ0) is 12.0. The number of aryl methyl sites for hydroxylation is 1. The Morgan fingerprint density at radius 2 is 2.38 bits per heavy atom. The lowest BCUT2D eigenvalue weighted by Crippen LogP contribution is -2.26. The van der Waals surface area contributed by atoms with Crippen LogP contribution < -0.4 is 11.1 Å². The Balaban J connectivity index is 2.37. The lowest BCUT2D eigenvalue weighted by atomic mass is 10.1. The van der Waals surface area contributed by atoms with E-state index in [0.717, 1.165) is 6.42 Å². The van der Waals surface area contributed by atoms with Crippen LogP contribution in [0.5, 0.6) is 0 Å². The third-order valence-electron chi connectivity index (χ3n) is 2.60. The number of nitrogens with two attached hydrogens (primary N) is 1. The highest BCUT2D eigenvalue weighted by atomic mass is 32.1. The van der Waals surface area contributed by atoms with Crippen LogP contribution in [0, 0.1) is 5.92 Å². The van der Waals surface area contributed by atoms with Crippen LogP contribution in [0.4, 0.5) is 0 Å². The van der Waals surface area contributed by atoms with Gasteiger partial charge in [-0.2, -0.15) is 0 Å². The van der Waals surface area contributed by atoms with E-state index in [-0.39, 0.29) is 11.8 Å². The van der Waals surface area contributed by atoms with Gasteiger partial charge in [0.15, 0.2) is 0 Å². The maximum absolute atomic E-state index is 11.5. The molecule has 0 radical (unpaired) electrons. The molecule has 1 unspecified atom stereocenters. The van der Waals surface area contributed by atoms with Crippen LogP contribution in [0.25, 0.3) is 0 Å². The first-order valence-electron chi connectivity index (χ1n) is 5.69. The quantitative estimate of drug-likeness (QED) is 0.798. The molecule has 90 valence electrons. The summed E-state index contributed by atoms with van der Waals surface area (Å²) in [5.74, 6) is 0.349. The highest BCUT2D eigenvalue weighted by Gasteiger charge is 2.08. The van der Waals surface area contributed by atoms with E-state index >= 15 is 0 Å². The number of hydrogen-bond acceptors (Lipinski definition) is 3. The van der Waals surface area contributed by atoms with E-state index in [4.69, 9.17) is 5.73 Å². The Kier molecular flexibility index (Phi) is 5.49. The van der Waals surface area contributed by atoms with Gasteiger partial charge in [-0.25, -0.2) is 0 Å². The summed E-state index contributed by atoms with van der Waals surface area (Å²) >= 11 is 1.70. The average Bonchev–Trinajstić information content (AvgIpc) is 2.73. The van der Waals surface area contributed by atoms with E-state index in [9.17, 15) is 4.79 Å². The summed E-state index contributed by atoms with van der Waals surface area (Å²) in [7, 11) is 0. The van der Waals surface area contributed by atoms with Crippen molar-refractivity contribution in [3.05, 3.63) is 21.9 Å². The van der Waals surface area contributed by atoms with Crippen molar-refractivity contribution in [1.29, 1.82) is 0 Å². The number of carbonyl (C=O) groups is 1. The summed E-state index contributed by atoms with van der Waals surface area (Å²) in [4.78, 5) is 12.8. The van der Waals surface area contributed by atoms with Gasteiger partial charge in [0.1, 0.15) is 0 Å². The molecule has 1 aromatic heterocycles. The van der Waals surface area contributed by atoms with Crippen molar-refractivity contribution >= 4 is 17.2 Å². The molecule has 1 amide bonds. The predicted octanol–water partition coefficient (Wildman–Crippen LogP) is 1.91. The molecule has 0 aliphatic heterocycles.